The van der Waals surface area contributed by atoms with Crippen molar-refractivity contribution in [1.29, 1.82) is 0 Å². The molecule has 0 aliphatic carbocycles. The van der Waals surface area contributed by atoms with Gasteiger partial charge in [-0.25, -0.2) is 0 Å². The molecule has 0 aromatic heterocycles. The summed E-state index contributed by atoms with van der Waals surface area (Å²) in [6, 6.07) is 0. The molecule has 1 fully saturated rings. The molecule has 3 heteroatoms. The molecule has 1 aliphatic heterocycles. The second-order valence-corrected chi connectivity index (χ2v) is 1.95. The van der Waals surface area contributed by atoms with Crippen LogP contribution in [-0.2, 0) is 9.53 Å². The monoisotopic (exact) mass is 116 g/mol. The molecule has 2 nitrogen and oxygen atoms in total. The Bertz CT molecular complexity index is 105. The van der Waals surface area contributed by atoms with E-state index in [0.29, 0.717) is 17.9 Å². The van der Waals surface area contributed by atoms with E-state index in [0.717, 1.165) is 0 Å². The van der Waals surface area contributed by atoms with Crippen molar-refractivity contribution in [3.63, 3.8) is 0 Å². The Morgan fingerprint density at radius 2 is 2.43 bits per heavy atom. The summed E-state index contributed by atoms with van der Waals surface area (Å²) < 4.78 is 4.48. The largest absolute Gasteiger partial charge is 0.460 e. The first kappa shape index (κ1) is 4.71. The van der Waals surface area contributed by atoms with Gasteiger partial charge in [0.25, 0.3) is 0 Å². The van der Waals surface area contributed by atoms with E-state index in [1.165, 1.54) is 0 Å². The highest BCUT2D eigenvalue weighted by molar-refractivity contribution is 7.80. The summed E-state index contributed by atoms with van der Waals surface area (Å²) in [6.07, 6.45) is 0.343. The first-order chi connectivity index (χ1) is 3.29. The molecule has 0 spiro atoms. The van der Waals surface area contributed by atoms with E-state index in [4.69, 9.17) is 0 Å². The quantitative estimate of drug-likeness (QED) is 0.336. The van der Waals surface area contributed by atoms with E-state index in [2.05, 4.69) is 17.0 Å². The highest BCUT2D eigenvalue weighted by Gasteiger charge is 2.15. The van der Waals surface area contributed by atoms with Crippen LogP contribution in [0.2, 0.25) is 0 Å². The van der Waals surface area contributed by atoms with Crippen LogP contribution in [0.4, 0.5) is 0 Å². The van der Waals surface area contributed by atoms with E-state index in [9.17, 15) is 4.79 Å². The van der Waals surface area contributed by atoms with Crippen LogP contribution in [0.15, 0.2) is 0 Å². The maximum absolute atomic E-state index is 10.1. The third-order valence-electron chi connectivity index (χ3n) is 0.736. The van der Waals surface area contributed by atoms with Gasteiger partial charge in [-0.1, -0.05) is 12.2 Å². The molecule has 0 bridgehead atoms. The smallest absolute Gasteiger partial charge is 0.311 e. The molecule has 0 atom stereocenters. The molecule has 1 heterocycles. The SMILES string of the molecule is O=C1CC(=S)CO1. The van der Waals surface area contributed by atoms with Gasteiger partial charge in [0.1, 0.15) is 6.61 Å². The average molecular weight is 116 g/mol. The predicted octanol–water partition coefficient (Wildman–Crippen LogP) is 0.303. The van der Waals surface area contributed by atoms with Gasteiger partial charge in [-0.15, -0.1) is 0 Å². The normalized spacial score (nSPS) is 20.0. The van der Waals surface area contributed by atoms with E-state index < -0.39 is 0 Å². The van der Waals surface area contributed by atoms with Crippen molar-refractivity contribution in [1.82, 2.24) is 0 Å². The van der Waals surface area contributed by atoms with Crippen LogP contribution >= 0.6 is 12.2 Å². The molecular weight excluding hydrogens is 112 g/mol. The van der Waals surface area contributed by atoms with Gasteiger partial charge in [-0.05, 0) is 0 Å². The molecule has 0 N–H and O–H groups in total. The van der Waals surface area contributed by atoms with Gasteiger partial charge in [-0.3, -0.25) is 4.79 Å². The molecule has 1 saturated heterocycles. The second kappa shape index (κ2) is 1.58. The van der Waals surface area contributed by atoms with Crippen molar-refractivity contribution in [3.05, 3.63) is 0 Å². The summed E-state index contributed by atoms with van der Waals surface area (Å²) in [5.41, 5.74) is 0. The standard InChI is InChI=1S/C4H4O2S/c5-4-1-3(7)2-6-4/h1-2H2. The Labute approximate surface area is 46.5 Å². The molecule has 0 aromatic rings. The highest BCUT2D eigenvalue weighted by atomic mass is 32.1. The number of hydrogen-bond donors (Lipinski definition) is 0. The lowest BCUT2D eigenvalue weighted by Crippen LogP contribution is -1.88. The minimum Gasteiger partial charge on any atom is -0.460 e. The van der Waals surface area contributed by atoms with Crippen LogP contribution < -0.4 is 0 Å². The number of rotatable bonds is 0. The Morgan fingerprint density at radius 1 is 1.71 bits per heavy atom. The maximum Gasteiger partial charge on any atom is 0.311 e. The fourth-order valence-corrected chi connectivity index (χ4v) is 0.601. The Hall–Kier alpha value is -0.440. The maximum atomic E-state index is 10.1. The van der Waals surface area contributed by atoms with Crippen molar-refractivity contribution in [2.75, 3.05) is 6.61 Å². The molecule has 0 radical (unpaired) electrons. The number of ether oxygens (including phenoxy) is 1. The van der Waals surface area contributed by atoms with Crippen LogP contribution in [0.1, 0.15) is 6.42 Å². The van der Waals surface area contributed by atoms with Crippen molar-refractivity contribution >= 4 is 23.1 Å². The van der Waals surface area contributed by atoms with Crippen molar-refractivity contribution in [2.24, 2.45) is 0 Å². The first-order valence-corrected chi connectivity index (χ1v) is 2.37. The molecule has 0 amide bonds. The summed E-state index contributed by atoms with van der Waals surface area (Å²) in [5, 5.41) is 0. The topological polar surface area (TPSA) is 26.3 Å². The minimum absolute atomic E-state index is 0.190. The zero-order valence-electron chi connectivity index (χ0n) is 3.64. The minimum atomic E-state index is -0.190. The Morgan fingerprint density at radius 3 is 2.57 bits per heavy atom. The first-order valence-electron chi connectivity index (χ1n) is 1.96. The molecule has 0 saturated carbocycles. The molecule has 0 aromatic carbocycles. The molecule has 38 valence electrons. The molecule has 1 aliphatic rings. The molecule has 0 unspecified atom stereocenters. The van der Waals surface area contributed by atoms with E-state index >= 15 is 0 Å². The fraction of sp³-hybridized carbons (Fsp3) is 0.500. The number of carbonyl (C=O) groups is 1. The van der Waals surface area contributed by atoms with Gasteiger partial charge in [0, 0.05) is 4.86 Å². The lowest BCUT2D eigenvalue weighted by molar-refractivity contribution is -0.137. The van der Waals surface area contributed by atoms with Crippen LogP contribution in [0.5, 0.6) is 0 Å². The predicted molar refractivity (Wildman–Crippen MR) is 28.2 cm³/mol. The third-order valence-corrected chi connectivity index (χ3v) is 0.998. The molecular formula is C4H4O2S. The Kier molecular flexibility index (Phi) is 1.06. The van der Waals surface area contributed by atoms with Gasteiger partial charge in [0.05, 0.1) is 6.42 Å². The number of hydrogen-bond acceptors (Lipinski definition) is 3. The van der Waals surface area contributed by atoms with Crippen LogP contribution in [0.3, 0.4) is 0 Å². The van der Waals surface area contributed by atoms with Crippen molar-refractivity contribution in [2.45, 2.75) is 6.42 Å². The number of carbonyl (C=O) groups excluding carboxylic acids is 1. The molecule has 1 rings (SSSR count). The highest BCUT2D eigenvalue weighted by Crippen LogP contribution is 2.00. The Balaban J connectivity index is 2.55. The molecule has 7 heavy (non-hydrogen) atoms. The lowest BCUT2D eigenvalue weighted by Gasteiger charge is -1.80. The van der Waals surface area contributed by atoms with E-state index in [1.807, 2.05) is 0 Å². The third kappa shape index (κ3) is 0.962. The van der Waals surface area contributed by atoms with Crippen molar-refractivity contribution < 1.29 is 9.53 Å². The van der Waals surface area contributed by atoms with Gasteiger partial charge in [0.15, 0.2) is 0 Å². The number of thiocarbonyl (C=S) groups is 1. The summed E-state index contributed by atoms with van der Waals surface area (Å²) in [6.45, 7) is 0.355. The van der Waals surface area contributed by atoms with Crippen LogP contribution in [0.25, 0.3) is 0 Å². The van der Waals surface area contributed by atoms with Crippen LogP contribution in [-0.4, -0.2) is 17.4 Å². The van der Waals surface area contributed by atoms with Gasteiger partial charge in [-0.2, -0.15) is 0 Å². The summed E-state index contributed by atoms with van der Waals surface area (Å²) >= 11 is 4.65. The number of cyclic esters (lactones) is 1. The van der Waals surface area contributed by atoms with Crippen LogP contribution in [0, 0.1) is 0 Å². The van der Waals surface area contributed by atoms with E-state index in [1.54, 1.807) is 0 Å². The van der Waals surface area contributed by atoms with Gasteiger partial charge >= 0.3 is 5.97 Å². The lowest BCUT2D eigenvalue weighted by atomic mass is 10.4. The van der Waals surface area contributed by atoms with Gasteiger partial charge in [0.2, 0.25) is 0 Å². The zero-order chi connectivity index (χ0) is 5.28. The summed E-state index contributed by atoms with van der Waals surface area (Å²) in [4.78, 5) is 10.9. The van der Waals surface area contributed by atoms with E-state index in [-0.39, 0.29) is 5.97 Å². The second-order valence-electron chi connectivity index (χ2n) is 1.38. The average Bonchev–Trinajstić information content (AvgIpc) is 1.87. The zero-order valence-corrected chi connectivity index (χ0v) is 4.46. The van der Waals surface area contributed by atoms with Crippen molar-refractivity contribution in [3.8, 4) is 0 Å². The number of esters is 1. The summed E-state index contributed by atoms with van der Waals surface area (Å²) in [5.74, 6) is -0.190. The fourth-order valence-electron chi connectivity index (χ4n) is 0.424. The summed E-state index contributed by atoms with van der Waals surface area (Å²) in [7, 11) is 0. The van der Waals surface area contributed by atoms with Gasteiger partial charge < -0.3 is 4.74 Å².